The number of methoxy groups -OCH3 is 1. The molecule has 0 bridgehead atoms. The molecule has 0 radical (unpaired) electrons. The summed E-state index contributed by atoms with van der Waals surface area (Å²) in [6, 6.07) is -0.0964. The van der Waals surface area contributed by atoms with Crippen LogP contribution >= 0.6 is 0 Å². The second-order valence-corrected chi connectivity index (χ2v) is 7.92. The van der Waals surface area contributed by atoms with E-state index in [9.17, 15) is 8.42 Å². The Morgan fingerprint density at radius 1 is 1.52 bits per heavy atom. The zero-order chi connectivity index (χ0) is 15.6. The van der Waals surface area contributed by atoms with E-state index in [0.717, 1.165) is 22.6 Å². The van der Waals surface area contributed by atoms with Crippen molar-refractivity contribution in [2.45, 2.75) is 32.7 Å². The van der Waals surface area contributed by atoms with E-state index in [-0.39, 0.29) is 23.5 Å². The highest BCUT2D eigenvalue weighted by molar-refractivity contribution is 7.91. The highest BCUT2D eigenvalue weighted by Gasteiger charge is 2.33. The van der Waals surface area contributed by atoms with E-state index >= 15 is 0 Å². The zero-order valence-electron chi connectivity index (χ0n) is 12.7. The van der Waals surface area contributed by atoms with E-state index < -0.39 is 9.84 Å². The van der Waals surface area contributed by atoms with Gasteiger partial charge in [0, 0.05) is 35.5 Å². The fourth-order valence-corrected chi connectivity index (χ4v) is 4.87. The average Bonchev–Trinajstić information content (AvgIpc) is 2.79. The highest BCUT2D eigenvalue weighted by atomic mass is 32.2. The fourth-order valence-electron chi connectivity index (χ4n) is 2.99. The van der Waals surface area contributed by atoms with Crippen LogP contribution in [0.2, 0.25) is 0 Å². The molecule has 0 aliphatic carbocycles. The van der Waals surface area contributed by atoms with Crippen molar-refractivity contribution in [3.63, 3.8) is 0 Å². The Labute approximate surface area is 126 Å². The lowest BCUT2D eigenvalue weighted by atomic mass is 9.93. The molecule has 0 amide bonds. The van der Waals surface area contributed by atoms with E-state index in [2.05, 4.69) is 10.4 Å². The van der Waals surface area contributed by atoms with Gasteiger partial charge in [0.2, 0.25) is 0 Å². The van der Waals surface area contributed by atoms with Crippen molar-refractivity contribution in [3.8, 4) is 5.75 Å². The monoisotopic (exact) mass is 313 g/mol. The van der Waals surface area contributed by atoms with Crippen LogP contribution in [0.1, 0.15) is 23.2 Å². The Bertz CT molecular complexity index is 616. The van der Waals surface area contributed by atoms with Crippen LogP contribution in [0.5, 0.6) is 5.75 Å². The molecule has 1 aliphatic heterocycles. The zero-order valence-corrected chi connectivity index (χ0v) is 13.5. The van der Waals surface area contributed by atoms with Crippen molar-refractivity contribution in [1.29, 1.82) is 0 Å². The van der Waals surface area contributed by atoms with Gasteiger partial charge < -0.3 is 4.74 Å². The molecular formula is C14H23N3O3S. The van der Waals surface area contributed by atoms with Crippen LogP contribution in [0.4, 0.5) is 0 Å². The van der Waals surface area contributed by atoms with Gasteiger partial charge >= 0.3 is 0 Å². The first-order chi connectivity index (χ1) is 9.88. The van der Waals surface area contributed by atoms with Gasteiger partial charge in [-0.2, -0.15) is 0 Å². The summed E-state index contributed by atoms with van der Waals surface area (Å²) in [6.45, 7) is 3.91. The Kier molecular flexibility index (Phi) is 4.85. The first-order valence-electron chi connectivity index (χ1n) is 7.03. The van der Waals surface area contributed by atoms with E-state index in [0.29, 0.717) is 12.8 Å². The van der Waals surface area contributed by atoms with Gasteiger partial charge in [0.1, 0.15) is 5.75 Å². The molecule has 2 atom stereocenters. The van der Waals surface area contributed by atoms with Crippen LogP contribution in [0.25, 0.3) is 0 Å². The van der Waals surface area contributed by atoms with Crippen molar-refractivity contribution in [2.24, 2.45) is 11.8 Å². The molecular weight excluding hydrogens is 290 g/mol. The Balaban J connectivity index is 2.20. The van der Waals surface area contributed by atoms with Crippen LogP contribution in [0.3, 0.4) is 0 Å². The van der Waals surface area contributed by atoms with Crippen molar-refractivity contribution in [2.75, 3.05) is 18.6 Å². The van der Waals surface area contributed by atoms with Crippen molar-refractivity contribution in [1.82, 2.24) is 10.4 Å². The lowest BCUT2D eigenvalue weighted by molar-refractivity contribution is 0.378. The predicted octanol–water partition coefficient (Wildman–Crippen LogP) is 0.516. The fraction of sp³-hybridized carbons (Fsp3) is 0.643. The molecule has 1 saturated heterocycles. The number of pyridine rings is 1. The number of rotatable bonds is 5. The second kappa shape index (κ2) is 6.29. The normalized spacial score (nSPS) is 22.2. The van der Waals surface area contributed by atoms with Crippen molar-refractivity contribution < 1.29 is 13.2 Å². The number of sulfone groups is 1. The quantitative estimate of drug-likeness (QED) is 0.608. The molecule has 6 nitrogen and oxygen atoms in total. The van der Waals surface area contributed by atoms with Gasteiger partial charge in [0.15, 0.2) is 9.84 Å². The number of aryl methyl sites for hydroxylation is 1. The molecule has 1 aromatic heterocycles. The number of nitrogens with one attached hydrogen (secondary N) is 1. The van der Waals surface area contributed by atoms with E-state index in [1.165, 1.54) is 0 Å². The maximum atomic E-state index is 11.6. The Morgan fingerprint density at radius 3 is 2.76 bits per heavy atom. The molecule has 3 N–H and O–H groups in total. The summed E-state index contributed by atoms with van der Waals surface area (Å²) in [7, 11) is -1.27. The molecule has 0 spiro atoms. The third-order valence-corrected chi connectivity index (χ3v) is 6.01. The maximum Gasteiger partial charge on any atom is 0.150 e. The average molecular weight is 313 g/mol. The predicted molar refractivity (Wildman–Crippen MR) is 81.8 cm³/mol. The molecule has 7 heteroatoms. The summed E-state index contributed by atoms with van der Waals surface area (Å²) in [5.74, 6) is 6.95. The van der Waals surface area contributed by atoms with Crippen LogP contribution < -0.4 is 16.0 Å². The van der Waals surface area contributed by atoms with Crippen LogP contribution in [-0.2, 0) is 16.3 Å². The van der Waals surface area contributed by atoms with Crippen LogP contribution in [0.15, 0.2) is 6.20 Å². The van der Waals surface area contributed by atoms with Gasteiger partial charge in [-0.15, -0.1) is 0 Å². The summed E-state index contributed by atoms with van der Waals surface area (Å²) in [5, 5.41) is 0. The standard InChI is InChI=1S/C14H23N3O3S/c1-9-7-16-12(10(2)14(9)20-3)6-13(17-15)11-4-5-21(18,19)8-11/h7,11,13,17H,4-6,8,15H2,1-3H3. The molecule has 21 heavy (non-hydrogen) atoms. The molecule has 2 unspecified atom stereocenters. The molecule has 0 saturated carbocycles. The smallest absolute Gasteiger partial charge is 0.150 e. The molecule has 118 valence electrons. The molecule has 2 rings (SSSR count). The topological polar surface area (TPSA) is 94.3 Å². The highest BCUT2D eigenvalue weighted by Crippen LogP contribution is 2.28. The lowest BCUT2D eigenvalue weighted by Crippen LogP contribution is -2.43. The van der Waals surface area contributed by atoms with E-state index in [1.54, 1.807) is 13.3 Å². The molecule has 1 aromatic rings. The van der Waals surface area contributed by atoms with E-state index in [1.807, 2.05) is 13.8 Å². The first kappa shape index (κ1) is 16.2. The number of nitrogens with two attached hydrogens (primary N) is 1. The number of hydrogen-bond acceptors (Lipinski definition) is 6. The largest absolute Gasteiger partial charge is 0.496 e. The minimum atomic E-state index is -2.91. The number of nitrogens with zero attached hydrogens (tertiary/aromatic N) is 1. The Morgan fingerprint density at radius 2 is 2.24 bits per heavy atom. The second-order valence-electron chi connectivity index (χ2n) is 5.69. The number of ether oxygens (including phenoxy) is 1. The van der Waals surface area contributed by atoms with Gasteiger partial charge in [0.25, 0.3) is 0 Å². The molecule has 0 aromatic carbocycles. The molecule has 1 fully saturated rings. The van der Waals surface area contributed by atoms with Gasteiger partial charge in [-0.3, -0.25) is 16.3 Å². The number of hydrazine groups is 1. The molecule has 1 aliphatic rings. The lowest BCUT2D eigenvalue weighted by Gasteiger charge is -2.22. The number of aromatic nitrogens is 1. The minimum absolute atomic E-state index is 0.0356. The van der Waals surface area contributed by atoms with Crippen molar-refractivity contribution >= 4 is 9.84 Å². The van der Waals surface area contributed by atoms with Gasteiger partial charge in [-0.25, -0.2) is 8.42 Å². The molecule has 2 heterocycles. The summed E-state index contributed by atoms with van der Waals surface area (Å²) in [4.78, 5) is 4.46. The van der Waals surface area contributed by atoms with Gasteiger partial charge in [-0.05, 0) is 26.2 Å². The maximum absolute atomic E-state index is 11.6. The Hall–Kier alpha value is -1.18. The summed E-state index contributed by atoms with van der Waals surface area (Å²) in [5.41, 5.74) is 5.63. The SMILES string of the molecule is COc1c(C)cnc(CC(NN)C2CCS(=O)(=O)C2)c1C. The van der Waals surface area contributed by atoms with E-state index in [4.69, 9.17) is 10.6 Å². The van der Waals surface area contributed by atoms with Gasteiger partial charge in [-0.1, -0.05) is 0 Å². The van der Waals surface area contributed by atoms with Gasteiger partial charge in [0.05, 0.1) is 18.6 Å². The number of hydrogen-bond donors (Lipinski definition) is 2. The third-order valence-electron chi connectivity index (χ3n) is 4.21. The summed E-state index contributed by atoms with van der Waals surface area (Å²) < 4.78 is 28.6. The summed E-state index contributed by atoms with van der Waals surface area (Å²) in [6.07, 6.45) is 3.03. The van der Waals surface area contributed by atoms with Crippen molar-refractivity contribution in [3.05, 3.63) is 23.0 Å². The summed E-state index contributed by atoms with van der Waals surface area (Å²) >= 11 is 0. The van der Waals surface area contributed by atoms with Crippen LogP contribution in [-0.4, -0.2) is 38.1 Å². The first-order valence-corrected chi connectivity index (χ1v) is 8.85. The van der Waals surface area contributed by atoms with Crippen LogP contribution in [0, 0.1) is 19.8 Å². The minimum Gasteiger partial charge on any atom is -0.496 e. The third kappa shape index (κ3) is 3.53.